The van der Waals surface area contributed by atoms with E-state index in [0.717, 1.165) is 6.42 Å². The van der Waals surface area contributed by atoms with Crippen LogP contribution in [0.2, 0.25) is 10.0 Å². The summed E-state index contributed by atoms with van der Waals surface area (Å²) in [4.78, 5) is 5.14. The van der Waals surface area contributed by atoms with Gasteiger partial charge in [0, 0.05) is 24.8 Å². The van der Waals surface area contributed by atoms with E-state index in [1.54, 1.807) is 18.3 Å². The van der Waals surface area contributed by atoms with Crippen molar-refractivity contribution in [1.82, 2.24) is 0 Å². The van der Waals surface area contributed by atoms with Gasteiger partial charge in [0.05, 0.1) is 16.7 Å². The van der Waals surface area contributed by atoms with Crippen molar-refractivity contribution in [2.45, 2.75) is 26.7 Å². The molecule has 8 heteroatoms. The molecule has 1 aromatic carbocycles. The summed E-state index contributed by atoms with van der Waals surface area (Å²) >= 11 is 23.4. The number of hydrogen-bond acceptors (Lipinski definition) is 4. The Morgan fingerprint density at radius 3 is 2.40 bits per heavy atom. The van der Waals surface area contributed by atoms with Crippen LogP contribution < -0.4 is 9.47 Å². The second-order valence-electron chi connectivity index (χ2n) is 5.47. The molecular weight excluding hydrogens is 408 g/mol. The first-order chi connectivity index (χ1) is 11.9. The fraction of sp³-hybridized carbons (Fsp3) is 0.471. The van der Waals surface area contributed by atoms with Crippen molar-refractivity contribution in [1.29, 1.82) is 0 Å². The van der Waals surface area contributed by atoms with Crippen molar-refractivity contribution in [3.63, 3.8) is 0 Å². The Kier molecular flexibility index (Phi) is 11.1. The van der Waals surface area contributed by atoms with Crippen molar-refractivity contribution >= 4 is 52.6 Å². The number of rotatable bonds is 11. The lowest BCUT2D eigenvalue weighted by atomic mass is 10.2. The molecule has 0 aliphatic rings. The van der Waals surface area contributed by atoms with Crippen LogP contribution >= 0.6 is 46.4 Å². The van der Waals surface area contributed by atoms with E-state index >= 15 is 0 Å². The number of ether oxygens (including phenoxy) is 2. The van der Waals surface area contributed by atoms with Crippen LogP contribution in [0.1, 0.15) is 26.7 Å². The Morgan fingerprint density at radius 1 is 1.12 bits per heavy atom. The molecule has 0 aliphatic heterocycles. The van der Waals surface area contributed by atoms with Gasteiger partial charge in [-0.05, 0) is 18.4 Å². The Balaban J connectivity index is 2.38. The summed E-state index contributed by atoms with van der Waals surface area (Å²) < 4.78 is 11.2. The Morgan fingerprint density at radius 2 is 1.80 bits per heavy atom. The highest BCUT2D eigenvalue weighted by Crippen LogP contribution is 2.37. The molecule has 0 aromatic heterocycles. The Bertz CT molecular complexity index is 564. The standard InChI is InChI=1S/C17H21Cl4NO3/c1-12(2)4-6-22-25-8-3-7-24-17-14(18)10-13(11-15(17)19)23-9-5-16(20)21/h5-6,10-12H,3-4,7-9H2,1-2H3. The molecule has 0 bridgehead atoms. The molecule has 0 fully saturated rings. The fourth-order valence-corrected chi connectivity index (χ4v) is 2.32. The van der Waals surface area contributed by atoms with Gasteiger partial charge in [0.1, 0.15) is 23.5 Å². The van der Waals surface area contributed by atoms with Crippen LogP contribution in [0.25, 0.3) is 0 Å². The van der Waals surface area contributed by atoms with E-state index < -0.39 is 0 Å². The van der Waals surface area contributed by atoms with E-state index in [0.29, 0.717) is 47.1 Å². The van der Waals surface area contributed by atoms with Gasteiger partial charge in [-0.3, -0.25) is 0 Å². The highest BCUT2D eigenvalue weighted by atomic mass is 35.5. The van der Waals surface area contributed by atoms with Crippen molar-refractivity contribution in [3.05, 3.63) is 32.7 Å². The maximum atomic E-state index is 6.18. The third kappa shape index (κ3) is 10.0. The maximum absolute atomic E-state index is 6.18. The maximum Gasteiger partial charge on any atom is 0.156 e. The summed E-state index contributed by atoms with van der Waals surface area (Å²) in [5.74, 6) is 1.47. The molecule has 0 saturated heterocycles. The minimum atomic E-state index is 0.132. The quantitative estimate of drug-likeness (QED) is 0.229. The van der Waals surface area contributed by atoms with Gasteiger partial charge in [0.25, 0.3) is 0 Å². The lowest BCUT2D eigenvalue weighted by Crippen LogP contribution is -2.03. The smallest absolute Gasteiger partial charge is 0.156 e. The van der Waals surface area contributed by atoms with E-state index in [2.05, 4.69) is 19.0 Å². The first kappa shape index (κ1) is 22.2. The highest BCUT2D eigenvalue weighted by molar-refractivity contribution is 6.55. The van der Waals surface area contributed by atoms with Gasteiger partial charge in [-0.15, -0.1) is 0 Å². The van der Waals surface area contributed by atoms with Crippen LogP contribution in [-0.4, -0.2) is 26.0 Å². The van der Waals surface area contributed by atoms with Crippen molar-refractivity contribution in [3.8, 4) is 11.5 Å². The normalized spacial score (nSPS) is 11.0. The molecule has 0 aliphatic carbocycles. The van der Waals surface area contributed by atoms with Gasteiger partial charge in [-0.25, -0.2) is 0 Å². The molecule has 1 aromatic rings. The van der Waals surface area contributed by atoms with Gasteiger partial charge in [-0.2, -0.15) is 0 Å². The summed E-state index contributed by atoms with van der Waals surface area (Å²) in [7, 11) is 0. The van der Waals surface area contributed by atoms with Crippen LogP contribution in [0, 0.1) is 5.92 Å². The van der Waals surface area contributed by atoms with Crippen LogP contribution in [0.15, 0.2) is 27.9 Å². The molecule has 0 saturated carbocycles. The topological polar surface area (TPSA) is 40.0 Å². The zero-order chi connectivity index (χ0) is 18.7. The van der Waals surface area contributed by atoms with Gasteiger partial charge < -0.3 is 14.3 Å². The SMILES string of the molecule is CC(C)CC=NOCCCOc1c(Cl)cc(OCC=C(Cl)Cl)cc1Cl. The molecule has 1 rings (SSSR count). The summed E-state index contributed by atoms with van der Waals surface area (Å²) in [6, 6.07) is 3.23. The second kappa shape index (κ2) is 12.5. The molecule has 25 heavy (non-hydrogen) atoms. The number of benzene rings is 1. The molecule has 0 heterocycles. The third-order valence-corrected chi connectivity index (χ3v) is 3.68. The number of halogens is 4. The van der Waals surface area contributed by atoms with Gasteiger partial charge in [0.2, 0.25) is 0 Å². The van der Waals surface area contributed by atoms with E-state index in [-0.39, 0.29) is 11.1 Å². The van der Waals surface area contributed by atoms with E-state index in [1.807, 2.05) is 0 Å². The minimum Gasteiger partial charge on any atom is -0.490 e. The third-order valence-electron chi connectivity index (χ3n) is 2.81. The Hall–Kier alpha value is -0.810. The summed E-state index contributed by atoms with van der Waals surface area (Å²) in [6.07, 6.45) is 4.83. The van der Waals surface area contributed by atoms with Gasteiger partial charge in [0.15, 0.2) is 5.75 Å². The fourth-order valence-electron chi connectivity index (χ4n) is 1.62. The highest BCUT2D eigenvalue weighted by Gasteiger charge is 2.10. The lowest BCUT2D eigenvalue weighted by molar-refractivity contribution is 0.128. The number of oxime groups is 1. The molecule has 0 atom stereocenters. The van der Waals surface area contributed by atoms with E-state index in [4.69, 9.17) is 60.7 Å². The predicted molar refractivity (Wildman–Crippen MR) is 106 cm³/mol. The van der Waals surface area contributed by atoms with Gasteiger partial charge in [-0.1, -0.05) is 65.4 Å². The zero-order valence-corrected chi connectivity index (χ0v) is 17.1. The predicted octanol–water partition coefficient (Wildman–Crippen LogP) is 6.51. The van der Waals surface area contributed by atoms with Crippen LogP contribution in [0.4, 0.5) is 0 Å². The molecule has 0 N–H and O–H groups in total. The molecule has 0 amide bonds. The average Bonchev–Trinajstić information content (AvgIpc) is 2.51. The van der Waals surface area contributed by atoms with Crippen molar-refractivity contribution in [2.24, 2.45) is 11.1 Å². The molecule has 0 radical (unpaired) electrons. The lowest BCUT2D eigenvalue weighted by Gasteiger charge is -2.12. The zero-order valence-electron chi connectivity index (χ0n) is 14.1. The summed E-state index contributed by atoms with van der Waals surface area (Å²) in [6.45, 7) is 5.31. The van der Waals surface area contributed by atoms with E-state index in [1.165, 1.54) is 6.08 Å². The Labute approximate surface area is 168 Å². The minimum absolute atomic E-state index is 0.132. The number of nitrogens with zero attached hydrogens (tertiary/aromatic N) is 1. The molecule has 4 nitrogen and oxygen atoms in total. The van der Waals surface area contributed by atoms with Crippen LogP contribution in [-0.2, 0) is 4.84 Å². The second-order valence-corrected chi connectivity index (χ2v) is 7.30. The van der Waals surface area contributed by atoms with Crippen LogP contribution in [0.3, 0.4) is 0 Å². The first-order valence-electron chi connectivity index (χ1n) is 7.79. The summed E-state index contributed by atoms with van der Waals surface area (Å²) in [5, 5.41) is 4.59. The van der Waals surface area contributed by atoms with E-state index in [9.17, 15) is 0 Å². The molecular formula is C17H21Cl4NO3. The average molecular weight is 429 g/mol. The molecule has 0 unspecified atom stereocenters. The van der Waals surface area contributed by atoms with Gasteiger partial charge >= 0.3 is 0 Å². The monoisotopic (exact) mass is 427 g/mol. The number of hydrogen-bond donors (Lipinski definition) is 0. The molecule has 0 spiro atoms. The van der Waals surface area contributed by atoms with Crippen molar-refractivity contribution < 1.29 is 14.3 Å². The van der Waals surface area contributed by atoms with Crippen LogP contribution in [0.5, 0.6) is 11.5 Å². The summed E-state index contributed by atoms with van der Waals surface area (Å²) in [5.41, 5.74) is 0. The largest absolute Gasteiger partial charge is 0.490 e. The van der Waals surface area contributed by atoms with Crippen molar-refractivity contribution in [2.75, 3.05) is 19.8 Å². The first-order valence-corrected chi connectivity index (χ1v) is 9.31. The molecule has 140 valence electrons.